The molecule has 17 heavy (non-hydrogen) atoms. The third kappa shape index (κ3) is 3.61. The highest BCUT2D eigenvalue weighted by Crippen LogP contribution is 2.21. The lowest BCUT2D eigenvalue weighted by Gasteiger charge is -2.19. The lowest BCUT2D eigenvalue weighted by atomic mass is 10.1. The van der Waals surface area contributed by atoms with E-state index in [4.69, 9.17) is 0 Å². The van der Waals surface area contributed by atoms with Crippen LogP contribution >= 0.6 is 11.3 Å². The standard InChI is InChI=1S/C13H17N3S/c1-13(2,3)15-8-10-9-17-12(16-10)11-6-4-5-7-14-11/h4-7,9,15H,8H2,1-3H3. The summed E-state index contributed by atoms with van der Waals surface area (Å²) in [6, 6.07) is 5.88. The highest BCUT2D eigenvalue weighted by molar-refractivity contribution is 7.13. The molecule has 0 aromatic carbocycles. The topological polar surface area (TPSA) is 37.8 Å². The molecule has 0 radical (unpaired) electrons. The van der Waals surface area contributed by atoms with Crippen LogP contribution in [0.1, 0.15) is 26.5 Å². The van der Waals surface area contributed by atoms with Crippen molar-refractivity contribution in [2.75, 3.05) is 0 Å². The zero-order valence-electron chi connectivity index (χ0n) is 10.4. The highest BCUT2D eigenvalue weighted by atomic mass is 32.1. The molecular weight excluding hydrogens is 230 g/mol. The van der Waals surface area contributed by atoms with Crippen molar-refractivity contribution in [2.24, 2.45) is 0 Å². The van der Waals surface area contributed by atoms with E-state index in [0.29, 0.717) is 0 Å². The van der Waals surface area contributed by atoms with Gasteiger partial charge in [0.2, 0.25) is 0 Å². The summed E-state index contributed by atoms with van der Waals surface area (Å²) < 4.78 is 0. The fraction of sp³-hybridized carbons (Fsp3) is 0.385. The Bertz CT molecular complexity index is 471. The molecule has 0 spiro atoms. The molecule has 0 unspecified atom stereocenters. The van der Waals surface area contributed by atoms with E-state index >= 15 is 0 Å². The highest BCUT2D eigenvalue weighted by Gasteiger charge is 2.10. The summed E-state index contributed by atoms with van der Waals surface area (Å²) in [5.41, 5.74) is 2.14. The van der Waals surface area contributed by atoms with Gasteiger partial charge in [0.05, 0.1) is 11.4 Å². The first kappa shape index (κ1) is 12.2. The fourth-order valence-electron chi connectivity index (χ4n) is 1.35. The van der Waals surface area contributed by atoms with Crippen molar-refractivity contribution >= 4 is 11.3 Å². The first-order chi connectivity index (χ1) is 8.04. The first-order valence-corrected chi connectivity index (χ1v) is 6.53. The molecule has 2 heterocycles. The van der Waals surface area contributed by atoms with E-state index in [1.165, 1.54) is 0 Å². The summed E-state index contributed by atoms with van der Waals surface area (Å²) in [6.45, 7) is 7.25. The molecule has 2 aromatic rings. The summed E-state index contributed by atoms with van der Waals surface area (Å²) in [6.07, 6.45) is 1.80. The minimum absolute atomic E-state index is 0.120. The second-order valence-electron chi connectivity index (χ2n) is 4.96. The predicted molar refractivity (Wildman–Crippen MR) is 71.9 cm³/mol. The van der Waals surface area contributed by atoms with Crippen molar-refractivity contribution in [3.05, 3.63) is 35.5 Å². The van der Waals surface area contributed by atoms with Gasteiger partial charge in [0.1, 0.15) is 5.01 Å². The van der Waals surface area contributed by atoms with Crippen LogP contribution in [0.3, 0.4) is 0 Å². The van der Waals surface area contributed by atoms with Crippen LogP contribution in [0.5, 0.6) is 0 Å². The van der Waals surface area contributed by atoms with Gasteiger partial charge in [-0.2, -0.15) is 0 Å². The van der Waals surface area contributed by atoms with Crippen LogP contribution in [-0.2, 0) is 6.54 Å². The quantitative estimate of drug-likeness (QED) is 0.905. The Labute approximate surface area is 106 Å². The Morgan fingerprint density at radius 3 is 2.76 bits per heavy atom. The number of hydrogen-bond donors (Lipinski definition) is 1. The maximum absolute atomic E-state index is 4.58. The molecule has 0 saturated carbocycles. The van der Waals surface area contributed by atoms with Gasteiger partial charge in [-0.15, -0.1) is 11.3 Å². The van der Waals surface area contributed by atoms with Crippen LogP contribution in [0.2, 0.25) is 0 Å². The van der Waals surface area contributed by atoms with Crippen molar-refractivity contribution in [2.45, 2.75) is 32.9 Å². The zero-order valence-corrected chi connectivity index (χ0v) is 11.2. The second kappa shape index (κ2) is 4.94. The maximum Gasteiger partial charge on any atom is 0.142 e. The van der Waals surface area contributed by atoms with Gasteiger partial charge in [0, 0.05) is 23.7 Å². The molecule has 0 amide bonds. The van der Waals surface area contributed by atoms with Crippen LogP contribution in [0, 0.1) is 0 Å². The van der Waals surface area contributed by atoms with Crippen LogP contribution in [-0.4, -0.2) is 15.5 Å². The Balaban J connectivity index is 2.07. The molecule has 2 aromatic heterocycles. The molecule has 0 atom stereocenters. The number of pyridine rings is 1. The van der Waals surface area contributed by atoms with E-state index in [-0.39, 0.29) is 5.54 Å². The number of nitrogens with zero attached hydrogens (tertiary/aromatic N) is 2. The van der Waals surface area contributed by atoms with Crippen molar-refractivity contribution in [1.82, 2.24) is 15.3 Å². The van der Waals surface area contributed by atoms with Gasteiger partial charge < -0.3 is 5.32 Å². The van der Waals surface area contributed by atoms with Gasteiger partial charge in [-0.1, -0.05) is 6.07 Å². The van der Waals surface area contributed by atoms with Crippen LogP contribution in [0.25, 0.3) is 10.7 Å². The van der Waals surface area contributed by atoms with E-state index in [9.17, 15) is 0 Å². The molecule has 0 aliphatic carbocycles. The molecule has 0 aliphatic rings. The number of aromatic nitrogens is 2. The smallest absolute Gasteiger partial charge is 0.142 e. The maximum atomic E-state index is 4.58. The largest absolute Gasteiger partial charge is 0.306 e. The summed E-state index contributed by atoms with van der Waals surface area (Å²) >= 11 is 1.64. The van der Waals surface area contributed by atoms with Crippen molar-refractivity contribution in [1.29, 1.82) is 0 Å². The van der Waals surface area contributed by atoms with E-state index in [1.54, 1.807) is 17.5 Å². The third-order valence-corrected chi connectivity index (χ3v) is 3.15. The van der Waals surface area contributed by atoms with Gasteiger partial charge >= 0.3 is 0 Å². The van der Waals surface area contributed by atoms with E-state index in [0.717, 1.165) is 22.9 Å². The SMILES string of the molecule is CC(C)(C)NCc1csc(-c2ccccn2)n1. The summed E-state index contributed by atoms with van der Waals surface area (Å²) in [4.78, 5) is 8.88. The molecule has 0 bridgehead atoms. The summed E-state index contributed by atoms with van der Waals surface area (Å²) in [5.74, 6) is 0. The molecule has 2 rings (SSSR count). The fourth-order valence-corrected chi connectivity index (χ4v) is 2.15. The van der Waals surface area contributed by atoms with Crippen LogP contribution < -0.4 is 5.32 Å². The van der Waals surface area contributed by atoms with E-state index in [1.807, 2.05) is 18.2 Å². The van der Waals surface area contributed by atoms with Gasteiger partial charge in [0.25, 0.3) is 0 Å². The van der Waals surface area contributed by atoms with Gasteiger partial charge in [0.15, 0.2) is 0 Å². The minimum Gasteiger partial charge on any atom is -0.306 e. The molecule has 0 fully saturated rings. The van der Waals surface area contributed by atoms with Gasteiger partial charge in [-0.25, -0.2) is 4.98 Å². The van der Waals surface area contributed by atoms with E-state index in [2.05, 4.69) is 41.4 Å². The van der Waals surface area contributed by atoms with Crippen molar-refractivity contribution in [3.63, 3.8) is 0 Å². The molecule has 3 nitrogen and oxygen atoms in total. The predicted octanol–water partition coefficient (Wildman–Crippen LogP) is 3.09. The Morgan fingerprint density at radius 1 is 1.29 bits per heavy atom. The molecular formula is C13H17N3S. The lowest BCUT2D eigenvalue weighted by molar-refractivity contribution is 0.422. The van der Waals surface area contributed by atoms with Crippen LogP contribution in [0.15, 0.2) is 29.8 Å². The molecule has 90 valence electrons. The number of thiazole rings is 1. The van der Waals surface area contributed by atoms with E-state index < -0.39 is 0 Å². The average molecular weight is 247 g/mol. The second-order valence-corrected chi connectivity index (χ2v) is 5.82. The molecule has 1 N–H and O–H groups in total. The third-order valence-electron chi connectivity index (χ3n) is 2.24. The normalized spacial score (nSPS) is 11.7. The molecule has 0 saturated heterocycles. The number of hydrogen-bond acceptors (Lipinski definition) is 4. The summed E-state index contributed by atoms with van der Waals surface area (Å²) in [7, 11) is 0. The lowest BCUT2D eigenvalue weighted by Crippen LogP contribution is -2.35. The zero-order chi connectivity index (χ0) is 12.3. The van der Waals surface area contributed by atoms with Crippen molar-refractivity contribution < 1.29 is 0 Å². The Kier molecular flexibility index (Phi) is 3.54. The number of rotatable bonds is 3. The van der Waals surface area contributed by atoms with Crippen molar-refractivity contribution in [3.8, 4) is 10.7 Å². The minimum atomic E-state index is 0.120. The van der Waals surface area contributed by atoms with Crippen LogP contribution in [0.4, 0.5) is 0 Å². The number of nitrogens with one attached hydrogen (secondary N) is 1. The molecule has 4 heteroatoms. The Hall–Kier alpha value is -1.26. The van der Waals surface area contributed by atoms with Gasteiger partial charge in [-0.05, 0) is 32.9 Å². The average Bonchev–Trinajstić information content (AvgIpc) is 2.75. The summed E-state index contributed by atoms with van der Waals surface area (Å²) in [5, 5.41) is 6.50. The van der Waals surface area contributed by atoms with Gasteiger partial charge in [-0.3, -0.25) is 4.98 Å². The first-order valence-electron chi connectivity index (χ1n) is 5.65. The monoisotopic (exact) mass is 247 g/mol. The Morgan fingerprint density at radius 2 is 2.12 bits per heavy atom. The molecule has 0 aliphatic heterocycles.